The van der Waals surface area contributed by atoms with E-state index < -0.39 is 0 Å². The van der Waals surface area contributed by atoms with Gasteiger partial charge in [-0.3, -0.25) is 10.1 Å². The molecule has 5 nitrogen and oxygen atoms in total. The van der Waals surface area contributed by atoms with Crippen molar-refractivity contribution >= 4 is 39.0 Å². The number of fused-ring (bicyclic) bond motifs is 1. The lowest BCUT2D eigenvalue weighted by Crippen LogP contribution is -2.21. The number of benzene rings is 3. The van der Waals surface area contributed by atoms with Gasteiger partial charge >= 0.3 is 0 Å². The number of thiazole rings is 1. The molecule has 0 radical (unpaired) electrons. The van der Waals surface area contributed by atoms with E-state index in [0.717, 1.165) is 16.6 Å². The van der Waals surface area contributed by atoms with Gasteiger partial charge in [0.05, 0.1) is 11.4 Å². The summed E-state index contributed by atoms with van der Waals surface area (Å²) in [4.78, 5) is 22.3. The van der Waals surface area contributed by atoms with E-state index in [0.29, 0.717) is 22.0 Å². The van der Waals surface area contributed by atoms with E-state index in [1.165, 1.54) is 16.9 Å². The standard InChI is InChI=1S/C26H19N3O2S/c1-17-11-13-18(14-12-17)22-16-32-26(28-22)29-24(30)21-15-19-7-5-6-10-23(19)31-25(21)27-20-8-3-2-4-9-20/h2-16H,1H3,(H,28,29,30). The van der Waals surface area contributed by atoms with Crippen LogP contribution in [0.5, 0.6) is 0 Å². The van der Waals surface area contributed by atoms with Crippen molar-refractivity contribution in [3.8, 4) is 11.3 Å². The molecule has 3 aromatic carbocycles. The van der Waals surface area contributed by atoms with Crippen LogP contribution in [0.15, 0.2) is 99.7 Å². The molecular formula is C26H19N3O2S. The molecule has 0 atom stereocenters. The topological polar surface area (TPSA) is 67.5 Å². The van der Waals surface area contributed by atoms with Crippen molar-refractivity contribution in [3.63, 3.8) is 0 Å². The minimum atomic E-state index is -0.320. The number of rotatable bonds is 4. The van der Waals surface area contributed by atoms with Gasteiger partial charge in [0, 0.05) is 16.3 Å². The minimum Gasteiger partial charge on any atom is -0.438 e. The van der Waals surface area contributed by atoms with Crippen LogP contribution in [0.25, 0.3) is 22.2 Å². The van der Waals surface area contributed by atoms with Gasteiger partial charge in [-0.05, 0) is 31.2 Å². The Morgan fingerprint density at radius 2 is 1.72 bits per heavy atom. The number of hydrogen-bond donors (Lipinski definition) is 1. The predicted molar refractivity (Wildman–Crippen MR) is 128 cm³/mol. The number of hydrogen-bond acceptors (Lipinski definition) is 5. The minimum absolute atomic E-state index is 0.253. The molecule has 156 valence electrons. The third-order valence-electron chi connectivity index (χ3n) is 4.96. The first-order chi connectivity index (χ1) is 15.7. The Morgan fingerprint density at radius 3 is 2.53 bits per heavy atom. The normalized spacial score (nSPS) is 11.6. The first-order valence-corrected chi connectivity index (χ1v) is 11.0. The molecule has 0 spiro atoms. The maximum absolute atomic E-state index is 13.2. The molecule has 2 aromatic heterocycles. The van der Waals surface area contributed by atoms with Crippen LogP contribution in [0, 0.1) is 6.92 Å². The molecule has 2 heterocycles. The van der Waals surface area contributed by atoms with Gasteiger partial charge in [-0.2, -0.15) is 0 Å². The summed E-state index contributed by atoms with van der Waals surface area (Å²) in [6.45, 7) is 2.04. The predicted octanol–water partition coefficient (Wildman–Crippen LogP) is 6.35. The SMILES string of the molecule is Cc1ccc(-c2csc(NC(=O)c3cc4ccccc4oc3=Nc3ccccc3)n2)cc1. The number of carbonyl (C=O) groups excluding carboxylic acids is 1. The maximum Gasteiger partial charge on any atom is 0.262 e. The largest absolute Gasteiger partial charge is 0.438 e. The molecule has 0 saturated carbocycles. The summed E-state index contributed by atoms with van der Waals surface area (Å²) in [6, 6.07) is 26.9. The zero-order valence-corrected chi connectivity index (χ0v) is 18.1. The molecular weight excluding hydrogens is 418 g/mol. The second kappa shape index (κ2) is 8.61. The lowest BCUT2D eigenvalue weighted by atomic mass is 10.1. The van der Waals surface area contributed by atoms with Crippen molar-refractivity contribution in [3.05, 3.63) is 107 Å². The number of nitrogens with zero attached hydrogens (tertiary/aromatic N) is 2. The summed E-state index contributed by atoms with van der Waals surface area (Å²) in [6.07, 6.45) is 0. The van der Waals surface area contributed by atoms with Crippen molar-refractivity contribution < 1.29 is 9.21 Å². The summed E-state index contributed by atoms with van der Waals surface area (Å²) < 4.78 is 6.00. The van der Waals surface area contributed by atoms with E-state index in [4.69, 9.17) is 4.42 Å². The molecule has 1 N–H and O–H groups in total. The smallest absolute Gasteiger partial charge is 0.262 e. The fourth-order valence-electron chi connectivity index (χ4n) is 3.29. The maximum atomic E-state index is 13.2. The molecule has 0 bridgehead atoms. The van der Waals surface area contributed by atoms with E-state index in [1.54, 1.807) is 6.07 Å². The van der Waals surface area contributed by atoms with Crippen molar-refractivity contribution in [2.75, 3.05) is 5.32 Å². The monoisotopic (exact) mass is 437 g/mol. The van der Waals surface area contributed by atoms with Crippen molar-refractivity contribution in [1.82, 2.24) is 4.98 Å². The average Bonchev–Trinajstić information content (AvgIpc) is 3.28. The van der Waals surface area contributed by atoms with Crippen molar-refractivity contribution in [1.29, 1.82) is 0 Å². The van der Waals surface area contributed by atoms with Crippen LogP contribution in [0.4, 0.5) is 10.8 Å². The summed E-state index contributed by atoms with van der Waals surface area (Å²) >= 11 is 1.38. The first kappa shape index (κ1) is 19.9. The van der Waals surface area contributed by atoms with Gasteiger partial charge in [-0.25, -0.2) is 9.98 Å². The van der Waals surface area contributed by atoms with Gasteiger partial charge in [-0.1, -0.05) is 66.2 Å². The molecule has 0 unspecified atom stereocenters. The number of carbonyl (C=O) groups is 1. The Labute approximate surface area is 188 Å². The average molecular weight is 438 g/mol. The first-order valence-electron chi connectivity index (χ1n) is 10.1. The third kappa shape index (κ3) is 4.22. The molecule has 0 aliphatic carbocycles. The highest BCUT2D eigenvalue weighted by atomic mass is 32.1. The zero-order chi connectivity index (χ0) is 21.9. The molecule has 1 amide bonds. The van der Waals surface area contributed by atoms with E-state index in [9.17, 15) is 4.79 Å². The van der Waals surface area contributed by atoms with E-state index >= 15 is 0 Å². The van der Waals surface area contributed by atoms with Gasteiger partial charge in [0.1, 0.15) is 11.1 Å². The Bertz CT molecular complexity index is 1470. The lowest BCUT2D eigenvalue weighted by Gasteiger charge is -2.05. The lowest BCUT2D eigenvalue weighted by molar-refractivity contribution is 0.102. The van der Waals surface area contributed by atoms with Crippen molar-refractivity contribution in [2.45, 2.75) is 6.92 Å². The molecule has 5 rings (SSSR count). The van der Waals surface area contributed by atoms with Gasteiger partial charge < -0.3 is 4.42 Å². The highest BCUT2D eigenvalue weighted by molar-refractivity contribution is 7.14. The number of anilines is 1. The molecule has 32 heavy (non-hydrogen) atoms. The molecule has 0 fully saturated rings. The highest BCUT2D eigenvalue weighted by Crippen LogP contribution is 2.25. The Hall–Kier alpha value is -4.03. The van der Waals surface area contributed by atoms with Gasteiger partial charge in [0.25, 0.3) is 5.91 Å². The van der Waals surface area contributed by atoms with Gasteiger partial charge in [0.2, 0.25) is 5.55 Å². The number of para-hydroxylation sites is 2. The van der Waals surface area contributed by atoms with Gasteiger partial charge in [0.15, 0.2) is 5.13 Å². The van der Waals surface area contributed by atoms with E-state index in [1.807, 2.05) is 91.2 Å². The second-order valence-electron chi connectivity index (χ2n) is 7.31. The summed E-state index contributed by atoms with van der Waals surface area (Å²) in [5, 5.41) is 6.17. The van der Waals surface area contributed by atoms with Crippen LogP contribution in [-0.4, -0.2) is 10.9 Å². The molecule has 0 aliphatic heterocycles. The van der Waals surface area contributed by atoms with Crippen LogP contribution < -0.4 is 10.9 Å². The molecule has 0 aliphatic rings. The number of nitrogens with one attached hydrogen (secondary N) is 1. The summed E-state index contributed by atoms with van der Waals surface area (Å²) in [5.74, 6) is -0.320. The summed E-state index contributed by atoms with van der Waals surface area (Å²) in [7, 11) is 0. The van der Waals surface area contributed by atoms with Crippen LogP contribution >= 0.6 is 11.3 Å². The fourth-order valence-corrected chi connectivity index (χ4v) is 4.00. The quantitative estimate of drug-likeness (QED) is 0.356. The number of aromatic nitrogens is 1. The zero-order valence-electron chi connectivity index (χ0n) is 17.3. The van der Waals surface area contributed by atoms with E-state index in [-0.39, 0.29) is 11.5 Å². The third-order valence-corrected chi connectivity index (χ3v) is 5.72. The molecule has 0 saturated heterocycles. The van der Waals surface area contributed by atoms with Crippen LogP contribution in [-0.2, 0) is 0 Å². The molecule has 5 aromatic rings. The molecule has 6 heteroatoms. The van der Waals surface area contributed by atoms with Crippen LogP contribution in [0.2, 0.25) is 0 Å². The summed E-state index contributed by atoms with van der Waals surface area (Å²) in [5.41, 5.74) is 4.98. The Morgan fingerprint density at radius 1 is 0.969 bits per heavy atom. The van der Waals surface area contributed by atoms with Crippen LogP contribution in [0.1, 0.15) is 15.9 Å². The number of aryl methyl sites for hydroxylation is 1. The fraction of sp³-hybridized carbons (Fsp3) is 0.0385. The second-order valence-corrected chi connectivity index (χ2v) is 8.17. The van der Waals surface area contributed by atoms with E-state index in [2.05, 4.69) is 15.3 Å². The Balaban J connectivity index is 1.51. The van der Waals surface area contributed by atoms with Gasteiger partial charge in [-0.15, -0.1) is 11.3 Å². The van der Waals surface area contributed by atoms with Crippen LogP contribution in [0.3, 0.4) is 0 Å². The highest BCUT2D eigenvalue weighted by Gasteiger charge is 2.15. The number of amides is 1. The Kier molecular flexibility index (Phi) is 5.35. The van der Waals surface area contributed by atoms with Crippen molar-refractivity contribution in [2.24, 2.45) is 4.99 Å².